The Morgan fingerprint density at radius 1 is 0.522 bits per heavy atom. The summed E-state index contributed by atoms with van der Waals surface area (Å²) in [6.07, 6.45) is 73.2. The number of unbranched alkanes of at least 4 members (excludes halogenated alkanes) is 20. The summed E-state index contributed by atoms with van der Waals surface area (Å²) in [7, 11) is 1.19. The SMILES string of the molecule is CC/C=C\C/C=C\C/C=C\C/C=C\C/C=C\C/C=C\C/C=C\CCCC(=O)NC(COP(=O)([O-])OCC[N+](C)(C)C)C(O)/C=C/CC/C=C/CCCCCCCCCCCCCCCCCCCC. The van der Waals surface area contributed by atoms with Crippen molar-refractivity contribution in [1.82, 2.24) is 5.32 Å². The van der Waals surface area contributed by atoms with Crippen LogP contribution in [-0.4, -0.2) is 68.5 Å². The van der Waals surface area contributed by atoms with Gasteiger partial charge >= 0.3 is 0 Å². The third kappa shape index (κ3) is 52.8. The molecular weight excluding hydrogens is 876 g/mol. The molecule has 1 amide bonds. The van der Waals surface area contributed by atoms with Crippen molar-refractivity contribution in [2.45, 2.75) is 225 Å². The number of phosphoric acid groups is 1. The van der Waals surface area contributed by atoms with Crippen molar-refractivity contribution in [2.24, 2.45) is 0 Å². The zero-order valence-electron chi connectivity index (χ0n) is 45.0. The fourth-order valence-electron chi connectivity index (χ4n) is 7.39. The van der Waals surface area contributed by atoms with Crippen LogP contribution in [0.25, 0.3) is 0 Å². The minimum atomic E-state index is -4.63. The molecule has 0 saturated heterocycles. The molecule has 8 nitrogen and oxygen atoms in total. The van der Waals surface area contributed by atoms with E-state index in [2.05, 4.69) is 116 Å². The fraction of sp³-hybridized carbons (Fsp3) is 0.683. The second kappa shape index (κ2) is 50.1. The molecule has 396 valence electrons. The Labute approximate surface area is 425 Å². The predicted molar refractivity (Wildman–Crippen MR) is 297 cm³/mol. The van der Waals surface area contributed by atoms with E-state index in [1.54, 1.807) is 6.08 Å². The van der Waals surface area contributed by atoms with Gasteiger partial charge in [0.25, 0.3) is 7.82 Å². The highest BCUT2D eigenvalue weighted by atomic mass is 31.2. The van der Waals surface area contributed by atoms with Crippen LogP contribution in [0.4, 0.5) is 0 Å². The molecule has 0 aromatic heterocycles. The van der Waals surface area contributed by atoms with Crippen LogP contribution < -0.4 is 10.2 Å². The van der Waals surface area contributed by atoms with E-state index < -0.39 is 26.6 Å². The summed E-state index contributed by atoms with van der Waals surface area (Å²) in [5.41, 5.74) is 0. The third-order valence-corrected chi connectivity index (χ3v) is 12.7. The number of aliphatic hydroxyl groups excluding tert-OH is 1. The predicted octanol–water partition coefficient (Wildman–Crippen LogP) is 16.2. The van der Waals surface area contributed by atoms with Gasteiger partial charge in [0.15, 0.2) is 0 Å². The van der Waals surface area contributed by atoms with Gasteiger partial charge in [-0.2, -0.15) is 0 Å². The van der Waals surface area contributed by atoms with Gasteiger partial charge in [0.2, 0.25) is 5.91 Å². The van der Waals surface area contributed by atoms with E-state index in [0.29, 0.717) is 17.4 Å². The maximum Gasteiger partial charge on any atom is 0.268 e. The standard InChI is InChI=1S/C60H105N2O6P/c1-6-8-10-12-14-16-18-20-22-24-26-28-30-32-33-35-37-39-41-43-45-47-49-51-53-59(63)58(57-68-69(65,66)67-56-55-62(3,4)5)61-60(64)54-52-50-48-46-44-42-40-38-36-34-31-29-27-25-23-21-19-17-15-13-11-9-7-2/h9,11,15,17,21,23,27,29,34,36,40,42-43,45-46,48,51,53,58-59,63H,6-8,10,12-14,16,18-20,22,24-26,28,30-33,35,37-39,41,44,47,49-50,52,54-57H2,1-5H3,(H-,61,64,65,66)/b11-9-,17-15-,23-21-,29-27-,36-34-,42-40-,45-43+,48-46-,53-51+. The molecule has 9 heteroatoms. The summed E-state index contributed by atoms with van der Waals surface area (Å²) in [4.78, 5) is 25.4. The van der Waals surface area contributed by atoms with Crippen LogP contribution in [0.5, 0.6) is 0 Å². The van der Waals surface area contributed by atoms with Crippen LogP contribution in [0.15, 0.2) is 109 Å². The molecule has 0 aromatic carbocycles. The highest BCUT2D eigenvalue weighted by Gasteiger charge is 2.23. The summed E-state index contributed by atoms with van der Waals surface area (Å²) in [6, 6.07) is -0.943. The zero-order valence-corrected chi connectivity index (χ0v) is 45.9. The molecule has 0 bridgehead atoms. The van der Waals surface area contributed by atoms with Gasteiger partial charge in [0.05, 0.1) is 39.9 Å². The molecule has 0 heterocycles. The first kappa shape index (κ1) is 66.2. The van der Waals surface area contributed by atoms with Crippen molar-refractivity contribution < 1.29 is 32.9 Å². The van der Waals surface area contributed by atoms with Crippen LogP contribution in [0.1, 0.15) is 213 Å². The Balaban J connectivity index is 4.43. The fourth-order valence-corrected chi connectivity index (χ4v) is 8.12. The number of nitrogens with zero attached hydrogens (tertiary/aromatic N) is 1. The van der Waals surface area contributed by atoms with E-state index in [4.69, 9.17) is 9.05 Å². The van der Waals surface area contributed by atoms with Gasteiger partial charge in [0, 0.05) is 6.42 Å². The smallest absolute Gasteiger partial charge is 0.268 e. The summed E-state index contributed by atoms with van der Waals surface area (Å²) in [6.45, 7) is 4.47. The number of allylic oxidation sites excluding steroid dienone is 17. The zero-order chi connectivity index (χ0) is 50.6. The summed E-state index contributed by atoms with van der Waals surface area (Å²) < 4.78 is 23.3. The van der Waals surface area contributed by atoms with Crippen molar-refractivity contribution in [2.75, 3.05) is 40.9 Å². The average molecular weight is 981 g/mol. The van der Waals surface area contributed by atoms with E-state index >= 15 is 0 Å². The van der Waals surface area contributed by atoms with Crippen LogP contribution in [0.3, 0.4) is 0 Å². The number of likely N-dealkylation sites (N-methyl/N-ethyl adjacent to an activating group) is 1. The number of carbonyl (C=O) groups is 1. The Morgan fingerprint density at radius 2 is 0.899 bits per heavy atom. The minimum absolute atomic E-state index is 0.0234. The second-order valence-electron chi connectivity index (χ2n) is 19.5. The van der Waals surface area contributed by atoms with Crippen molar-refractivity contribution in [3.8, 4) is 0 Å². The lowest BCUT2D eigenvalue weighted by molar-refractivity contribution is -0.870. The van der Waals surface area contributed by atoms with Gasteiger partial charge < -0.3 is 28.8 Å². The molecule has 0 aromatic rings. The molecule has 0 fully saturated rings. The van der Waals surface area contributed by atoms with E-state index in [1.807, 2.05) is 27.2 Å². The minimum Gasteiger partial charge on any atom is -0.756 e. The van der Waals surface area contributed by atoms with Gasteiger partial charge in [-0.05, 0) is 83.5 Å². The van der Waals surface area contributed by atoms with Crippen LogP contribution >= 0.6 is 7.82 Å². The molecule has 0 spiro atoms. The number of rotatable bonds is 49. The van der Waals surface area contributed by atoms with Crippen molar-refractivity contribution >= 4 is 13.7 Å². The number of hydrogen-bond donors (Lipinski definition) is 2. The number of quaternary nitrogens is 1. The number of amides is 1. The monoisotopic (exact) mass is 981 g/mol. The quantitative estimate of drug-likeness (QED) is 0.0272. The molecule has 3 atom stereocenters. The first-order valence-corrected chi connectivity index (χ1v) is 29.2. The average Bonchev–Trinajstić information content (AvgIpc) is 3.31. The lowest BCUT2D eigenvalue weighted by Gasteiger charge is -2.29. The molecule has 69 heavy (non-hydrogen) atoms. The highest BCUT2D eigenvalue weighted by Crippen LogP contribution is 2.38. The van der Waals surface area contributed by atoms with Crippen LogP contribution in [0.2, 0.25) is 0 Å². The molecule has 0 rings (SSSR count). The van der Waals surface area contributed by atoms with Gasteiger partial charge in [-0.25, -0.2) is 0 Å². The lowest BCUT2D eigenvalue weighted by atomic mass is 10.0. The first-order chi connectivity index (χ1) is 33.5. The Morgan fingerprint density at radius 3 is 1.35 bits per heavy atom. The molecular formula is C60H105N2O6P. The maximum absolute atomic E-state index is 12.9. The molecule has 0 radical (unpaired) electrons. The first-order valence-electron chi connectivity index (χ1n) is 27.7. The number of nitrogens with one attached hydrogen (secondary N) is 1. The molecule has 0 aliphatic carbocycles. The third-order valence-electron chi connectivity index (χ3n) is 11.7. The van der Waals surface area contributed by atoms with Gasteiger partial charge in [-0.3, -0.25) is 9.36 Å². The maximum atomic E-state index is 12.9. The number of carbonyl (C=O) groups excluding carboxylic acids is 1. The second-order valence-corrected chi connectivity index (χ2v) is 21.0. The topological polar surface area (TPSA) is 108 Å². The number of aliphatic hydroxyl groups is 1. The molecule has 2 N–H and O–H groups in total. The van der Waals surface area contributed by atoms with E-state index in [-0.39, 0.29) is 18.9 Å². The molecule has 0 aliphatic rings. The van der Waals surface area contributed by atoms with Gasteiger partial charge in [-0.1, -0.05) is 232 Å². The molecule has 0 aliphatic heterocycles. The van der Waals surface area contributed by atoms with E-state index in [0.717, 1.165) is 70.6 Å². The summed E-state index contributed by atoms with van der Waals surface area (Å²) >= 11 is 0. The van der Waals surface area contributed by atoms with Crippen LogP contribution in [0, 0.1) is 0 Å². The Bertz CT molecular complexity index is 1490. The van der Waals surface area contributed by atoms with Gasteiger partial charge in [-0.15, -0.1) is 0 Å². The Hall–Kier alpha value is -2.84. The Kier molecular flexibility index (Phi) is 48.1. The van der Waals surface area contributed by atoms with Crippen LogP contribution in [-0.2, 0) is 18.4 Å². The highest BCUT2D eigenvalue weighted by molar-refractivity contribution is 7.45. The van der Waals surface area contributed by atoms with E-state index in [9.17, 15) is 19.4 Å². The normalized spacial score (nSPS) is 14.8. The summed E-state index contributed by atoms with van der Waals surface area (Å²) in [5, 5.41) is 13.8. The molecule has 3 unspecified atom stereocenters. The van der Waals surface area contributed by atoms with Crippen molar-refractivity contribution in [3.63, 3.8) is 0 Å². The summed E-state index contributed by atoms with van der Waals surface area (Å²) in [5.74, 6) is -0.268. The lowest BCUT2D eigenvalue weighted by Crippen LogP contribution is -2.45. The van der Waals surface area contributed by atoms with Crippen molar-refractivity contribution in [3.05, 3.63) is 109 Å². The number of phosphoric ester groups is 1. The van der Waals surface area contributed by atoms with Gasteiger partial charge in [0.1, 0.15) is 13.2 Å². The van der Waals surface area contributed by atoms with E-state index in [1.165, 1.54) is 116 Å². The number of hydrogen-bond acceptors (Lipinski definition) is 6. The largest absolute Gasteiger partial charge is 0.756 e. The van der Waals surface area contributed by atoms with Crippen molar-refractivity contribution in [1.29, 1.82) is 0 Å². The molecule has 0 saturated carbocycles.